The summed E-state index contributed by atoms with van der Waals surface area (Å²) in [4.78, 5) is 13.9. The van der Waals surface area contributed by atoms with Gasteiger partial charge in [-0.1, -0.05) is 24.2 Å². The number of piperazine rings is 1. The van der Waals surface area contributed by atoms with E-state index in [0.29, 0.717) is 5.89 Å². The monoisotopic (exact) mass is 367 g/mol. The van der Waals surface area contributed by atoms with Gasteiger partial charge in [0.1, 0.15) is 11.3 Å². The van der Waals surface area contributed by atoms with E-state index in [1.165, 1.54) is 5.69 Å². The lowest BCUT2D eigenvalue weighted by atomic mass is 10.1. The minimum Gasteiger partial charge on any atom is -0.494 e. The first-order valence-electron chi connectivity index (χ1n) is 9.41. The predicted octanol–water partition coefficient (Wildman–Crippen LogP) is 2.82. The summed E-state index contributed by atoms with van der Waals surface area (Å²) in [5.74, 6) is 2.30. The number of ether oxygens (including phenoxy) is 1. The zero-order valence-electron chi connectivity index (χ0n) is 16.1. The van der Waals surface area contributed by atoms with Crippen LogP contribution in [0.15, 0.2) is 28.8 Å². The molecule has 1 aliphatic heterocycles. The quantitative estimate of drug-likeness (QED) is 0.687. The molecule has 0 saturated carbocycles. The highest BCUT2D eigenvalue weighted by atomic mass is 16.5. The summed E-state index contributed by atoms with van der Waals surface area (Å²) in [7, 11) is 1.69. The Morgan fingerprint density at radius 3 is 2.67 bits per heavy atom. The van der Waals surface area contributed by atoms with Gasteiger partial charge in [0.05, 0.1) is 13.7 Å². The van der Waals surface area contributed by atoms with E-state index >= 15 is 0 Å². The maximum absolute atomic E-state index is 5.51. The molecule has 7 nitrogen and oxygen atoms in total. The van der Waals surface area contributed by atoms with Crippen LogP contribution in [-0.4, -0.2) is 53.3 Å². The third kappa shape index (κ3) is 3.60. The molecule has 2 aromatic heterocycles. The summed E-state index contributed by atoms with van der Waals surface area (Å²) < 4.78 is 10.7. The maximum Gasteiger partial charge on any atom is 0.226 e. The van der Waals surface area contributed by atoms with Crippen LogP contribution < -0.4 is 9.64 Å². The van der Waals surface area contributed by atoms with Crippen molar-refractivity contribution < 1.29 is 9.26 Å². The van der Waals surface area contributed by atoms with E-state index in [1.807, 2.05) is 26.0 Å². The van der Waals surface area contributed by atoms with E-state index in [9.17, 15) is 0 Å². The number of benzene rings is 1. The molecule has 1 saturated heterocycles. The number of fused-ring (bicyclic) bond motifs is 1. The van der Waals surface area contributed by atoms with Gasteiger partial charge in [-0.05, 0) is 19.1 Å². The first-order chi connectivity index (χ1) is 13.2. The largest absolute Gasteiger partial charge is 0.494 e. The molecule has 0 amide bonds. The summed E-state index contributed by atoms with van der Waals surface area (Å²) in [6, 6.07) is 8.28. The number of pyridine rings is 1. The van der Waals surface area contributed by atoms with Crippen molar-refractivity contribution in [2.45, 2.75) is 26.8 Å². The Bertz CT molecular complexity index is 931. The molecule has 142 valence electrons. The first kappa shape index (κ1) is 17.7. The third-order valence-electron chi connectivity index (χ3n) is 5.02. The van der Waals surface area contributed by atoms with Gasteiger partial charge in [-0.2, -0.15) is 4.98 Å². The molecule has 27 heavy (non-hydrogen) atoms. The lowest BCUT2D eigenvalue weighted by Crippen LogP contribution is -2.46. The number of nitrogens with zero attached hydrogens (tertiary/aromatic N) is 5. The molecule has 0 aliphatic carbocycles. The summed E-state index contributed by atoms with van der Waals surface area (Å²) in [5.41, 5.74) is 3.16. The van der Waals surface area contributed by atoms with E-state index in [0.717, 1.165) is 67.3 Å². The van der Waals surface area contributed by atoms with Crippen LogP contribution in [0.4, 0.5) is 5.69 Å². The van der Waals surface area contributed by atoms with Crippen LogP contribution in [-0.2, 0) is 13.0 Å². The highest BCUT2D eigenvalue weighted by Gasteiger charge is 2.21. The molecular formula is C20H25N5O2. The molecule has 3 aromatic rings. The molecule has 3 heterocycles. The molecule has 7 heteroatoms. The molecule has 0 N–H and O–H groups in total. The van der Waals surface area contributed by atoms with Crippen LogP contribution in [0.5, 0.6) is 5.75 Å². The Labute approximate surface area is 158 Å². The van der Waals surface area contributed by atoms with Crippen LogP contribution in [0.25, 0.3) is 10.9 Å². The zero-order valence-corrected chi connectivity index (χ0v) is 16.1. The fourth-order valence-electron chi connectivity index (χ4n) is 3.60. The first-order valence-corrected chi connectivity index (χ1v) is 9.41. The van der Waals surface area contributed by atoms with Crippen LogP contribution in [0.2, 0.25) is 0 Å². The number of rotatable bonds is 5. The molecular weight excluding hydrogens is 342 g/mol. The van der Waals surface area contributed by atoms with E-state index in [-0.39, 0.29) is 0 Å². The highest BCUT2D eigenvalue weighted by molar-refractivity contribution is 5.95. The Kier molecular flexibility index (Phi) is 4.94. The van der Waals surface area contributed by atoms with Crippen molar-refractivity contribution in [3.05, 3.63) is 41.7 Å². The average molecular weight is 367 g/mol. The Balaban J connectivity index is 1.51. The number of para-hydroxylation sites is 1. The van der Waals surface area contributed by atoms with Gasteiger partial charge >= 0.3 is 0 Å². The molecule has 4 rings (SSSR count). The Morgan fingerprint density at radius 2 is 1.96 bits per heavy atom. The normalized spacial score (nSPS) is 15.4. The van der Waals surface area contributed by atoms with E-state index in [4.69, 9.17) is 14.2 Å². The van der Waals surface area contributed by atoms with Crippen molar-refractivity contribution in [3.8, 4) is 5.75 Å². The highest BCUT2D eigenvalue weighted by Crippen LogP contribution is 2.32. The summed E-state index contributed by atoms with van der Waals surface area (Å²) in [5, 5.41) is 5.20. The summed E-state index contributed by atoms with van der Waals surface area (Å²) >= 11 is 0. The third-order valence-corrected chi connectivity index (χ3v) is 5.02. The van der Waals surface area contributed by atoms with Crippen molar-refractivity contribution in [1.82, 2.24) is 20.0 Å². The van der Waals surface area contributed by atoms with Crippen LogP contribution in [0.1, 0.15) is 24.3 Å². The molecule has 0 spiro atoms. The summed E-state index contributed by atoms with van der Waals surface area (Å²) in [6.45, 7) is 8.62. The molecule has 0 atom stereocenters. The van der Waals surface area contributed by atoms with Crippen molar-refractivity contribution in [2.24, 2.45) is 0 Å². The number of aryl methyl sites for hydroxylation is 2. The summed E-state index contributed by atoms with van der Waals surface area (Å²) in [6.07, 6.45) is 0.776. The lowest BCUT2D eigenvalue weighted by molar-refractivity contribution is 0.240. The number of methoxy groups -OCH3 is 1. The molecule has 1 aromatic carbocycles. The van der Waals surface area contributed by atoms with Gasteiger partial charge in [-0.25, -0.2) is 4.98 Å². The molecule has 1 aliphatic rings. The topological polar surface area (TPSA) is 67.5 Å². The van der Waals surface area contributed by atoms with Crippen molar-refractivity contribution in [1.29, 1.82) is 0 Å². The lowest BCUT2D eigenvalue weighted by Gasteiger charge is -2.36. The maximum atomic E-state index is 5.51. The second-order valence-electron chi connectivity index (χ2n) is 6.86. The Hall–Kier alpha value is -2.67. The zero-order chi connectivity index (χ0) is 18.8. The average Bonchev–Trinajstić information content (AvgIpc) is 3.15. The standard InChI is InChI=1S/C20H25N5O2/c1-4-19-22-18(23-27-19)13-24-8-10-25(11-9-24)16-12-14(2)21-20-15(16)6-5-7-17(20)26-3/h5-7,12H,4,8-11,13H2,1-3H3. The molecule has 1 fully saturated rings. The minimum atomic E-state index is 0.705. The van der Waals surface area contributed by atoms with E-state index < -0.39 is 0 Å². The predicted molar refractivity (Wildman–Crippen MR) is 104 cm³/mol. The number of aromatic nitrogens is 3. The van der Waals surface area contributed by atoms with Gasteiger partial charge in [0.2, 0.25) is 5.89 Å². The van der Waals surface area contributed by atoms with Crippen molar-refractivity contribution >= 4 is 16.6 Å². The second-order valence-corrected chi connectivity index (χ2v) is 6.86. The van der Waals surface area contributed by atoms with Crippen LogP contribution in [0.3, 0.4) is 0 Å². The molecule has 0 radical (unpaired) electrons. The van der Waals surface area contributed by atoms with Gasteiger partial charge in [0.15, 0.2) is 5.82 Å². The van der Waals surface area contributed by atoms with Gasteiger partial charge in [-0.3, -0.25) is 4.90 Å². The minimum absolute atomic E-state index is 0.705. The number of hydrogen-bond acceptors (Lipinski definition) is 7. The van der Waals surface area contributed by atoms with Gasteiger partial charge in [-0.15, -0.1) is 0 Å². The van der Waals surface area contributed by atoms with Crippen molar-refractivity contribution in [3.63, 3.8) is 0 Å². The number of anilines is 1. The molecule has 0 bridgehead atoms. The van der Waals surface area contributed by atoms with Crippen LogP contribution in [0, 0.1) is 6.92 Å². The van der Waals surface area contributed by atoms with Crippen LogP contribution >= 0.6 is 0 Å². The van der Waals surface area contributed by atoms with Gasteiger partial charge in [0, 0.05) is 49.4 Å². The van der Waals surface area contributed by atoms with Gasteiger partial charge < -0.3 is 14.2 Å². The SMILES string of the molecule is CCc1nc(CN2CCN(c3cc(C)nc4c(OC)cccc34)CC2)no1. The van der Waals surface area contributed by atoms with E-state index in [1.54, 1.807) is 7.11 Å². The fraction of sp³-hybridized carbons (Fsp3) is 0.450. The smallest absolute Gasteiger partial charge is 0.226 e. The second kappa shape index (κ2) is 7.52. The molecule has 0 unspecified atom stereocenters. The number of hydrogen-bond donors (Lipinski definition) is 0. The van der Waals surface area contributed by atoms with Gasteiger partial charge in [0.25, 0.3) is 0 Å². The fourth-order valence-corrected chi connectivity index (χ4v) is 3.60. The van der Waals surface area contributed by atoms with E-state index in [2.05, 4.69) is 32.1 Å². The Morgan fingerprint density at radius 1 is 1.15 bits per heavy atom. The van der Waals surface area contributed by atoms with Crippen molar-refractivity contribution in [2.75, 3.05) is 38.2 Å².